The van der Waals surface area contributed by atoms with Crippen molar-refractivity contribution < 1.29 is 14.6 Å². The van der Waals surface area contributed by atoms with Gasteiger partial charge in [-0.05, 0) is 25.3 Å². The minimum absolute atomic E-state index is 0.0660. The molecule has 5 heteroatoms. The Morgan fingerprint density at radius 3 is 2.95 bits per heavy atom. The quantitative estimate of drug-likeness (QED) is 0.923. The molecule has 1 aliphatic carbocycles. The van der Waals surface area contributed by atoms with Gasteiger partial charge in [-0.15, -0.1) is 0 Å². The summed E-state index contributed by atoms with van der Waals surface area (Å²) < 4.78 is 5.84. The Balaban J connectivity index is 1.92. The van der Waals surface area contributed by atoms with E-state index in [0.717, 1.165) is 30.5 Å². The molecule has 1 aliphatic rings. The molecule has 1 heterocycles. The molecule has 0 spiro atoms. The number of para-hydroxylation sites is 1. The van der Waals surface area contributed by atoms with Crippen molar-refractivity contribution >= 4 is 5.97 Å². The van der Waals surface area contributed by atoms with E-state index in [-0.39, 0.29) is 6.42 Å². The first-order valence-electron chi connectivity index (χ1n) is 6.54. The molecule has 0 unspecified atom stereocenters. The van der Waals surface area contributed by atoms with Crippen LogP contribution in [0.1, 0.15) is 23.2 Å². The Morgan fingerprint density at radius 1 is 1.25 bits per heavy atom. The summed E-state index contributed by atoms with van der Waals surface area (Å²) in [6.45, 7) is 0. The van der Waals surface area contributed by atoms with Crippen molar-refractivity contribution in [2.75, 3.05) is 0 Å². The molecule has 0 atom stereocenters. The number of aryl methyl sites for hydroxylation is 1. The van der Waals surface area contributed by atoms with Crippen LogP contribution in [-0.4, -0.2) is 21.0 Å². The van der Waals surface area contributed by atoms with Crippen LogP contribution in [-0.2, 0) is 24.1 Å². The lowest BCUT2D eigenvalue weighted by molar-refractivity contribution is -0.136. The maximum Gasteiger partial charge on any atom is 0.307 e. The highest BCUT2D eigenvalue weighted by atomic mass is 16.5. The van der Waals surface area contributed by atoms with Gasteiger partial charge < -0.3 is 9.84 Å². The third kappa shape index (κ3) is 2.47. The Morgan fingerprint density at radius 2 is 2.10 bits per heavy atom. The molecule has 0 fully saturated rings. The van der Waals surface area contributed by atoms with E-state index in [1.54, 1.807) is 18.2 Å². The van der Waals surface area contributed by atoms with Crippen molar-refractivity contribution in [3.8, 4) is 11.6 Å². The van der Waals surface area contributed by atoms with Gasteiger partial charge in [0.2, 0.25) is 5.88 Å². The topological polar surface area (TPSA) is 72.3 Å². The summed E-state index contributed by atoms with van der Waals surface area (Å²) in [4.78, 5) is 19.3. The van der Waals surface area contributed by atoms with Crippen LogP contribution in [0.2, 0.25) is 0 Å². The predicted octanol–water partition coefficient (Wildman–Crippen LogP) is 2.38. The molecule has 1 N–H and O–H groups in total. The molecule has 0 saturated carbocycles. The number of aliphatic carboxylic acids is 1. The van der Waals surface area contributed by atoms with Crippen molar-refractivity contribution in [2.45, 2.75) is 25.7 Å². The first kappa shape index (κ1) is 12.6. The fraction of sp³-hybridized carbons (Fsp3) is 0.267. The molecule has 5 nitrogen and oxygen atoms in total. The maximum absolute atomic E-state index is 10.9. The van der Waals surface area contributed by atoms with Crippen LogP contribution in [0.4, 0.5) is 0 Å². The number of rotatable bonds is 4. The van der Waals surface area contributed by atoms with Gasteiger partial charge in [0.15, 0.2) is 0 Å². The summed E-state index contributed by atoms with van der Waals surface area (Å²) in [6, 6.07) is 7.14. The van der Waals surface area contributed by atoms with Gasteiger partial charge in [-0.1, -0.05) is 18.2 Å². The summed E-state index contributed by atoms with van der Waals surface area (Å²) in [5.41, 5.74) is 2.72. The Bertz CT molecular complexity index is 655. The molecule has 0 amide bonds. The minimum atomic E-state index is -0.881. The number of fused-ring (bicyclic) bond motifs is 1. The van der Waals surface area contributed by atoms with Crippen LogP contribution in [0.25, 0.3) is 0 Å². The molecule has 1 aromatic heterocycles. The number of aromatic nitrogens is 2. The van der Waals surface area contributed by atoms with Gasteiger partial charge in [-0.2, -0.15) is 0 Å². The van der Waals surface area contributed by atoms with E-state index in [1.807, 2.05) is 6.07 Å². The number of carboxylic acids is 1. The summed E-state index contributed by atoms with van der Waals surface area (Å²) >= 11 is 0. The second-order valence-electron chi connectivity index (χ2n) is 4.74. The maximum atomic E-state index is 10.9. The average Bonchev–Trinajstić information content (AvgIpc) is 2.90. The number of ether oxygens (including phenoxy) is 1. The van der Waals surface area contributed by atoms with Crippen LogP contribution >= 0.6 is 0 Å². The lowest BCUT2D eigenvalue weighted by atomic mass is 10.1. The molecular weight excluding hydrogens is 256 g/mol. The SMILES string of the molecule is O=C(O)Cc1ccccc1Oc1ncnc2c1CCC2. The van der Waals surface area contributed by atoms with Crippen molar-refractivity contribution in [1.29, 1.82) is 0 Å². The molecule has 1 aromatic carbocycles. The number of carboxylic acid groups (broad SMARTS) is 1. The van der Waals surface area contributed by atoms with Gasteiger partial charge in [0, 0.05) is 11.1 Å². The Labute approximate surface area is 116 Å². The number of hydrogen-bond acceptors (Lipinski definition) is 4. The minimum Gasteiger partial charge on any atom is -0.481 e. The van der Waals surface area contributed by atoms with Crippen molar-refractivity contribution in [3.05, 3.63) is 47.4 Å². The van der Waals surface area contributed by atoms with E-state index in [1.165, 1.54) is 6.33 Å². The zero-order valence-corrected chi connectivity index (χ0v) is 10.9. The molecule has 0 bridgehead atoms. The fourth-order valence-electron chi connectivity index (χ4n) is 2.43. The first-order chi connectivity index (χ1) is 9.74. The van der Waals surface area contributed by atoms with Crippen molar-refractivity contribution in [1.82, 2.24) is 9.97 Å². The molecule has 102 valence electrons. The Kier molecular flexibility index (Phi) is 3.33. The molecular formula is C15H14N2O3. The van der Waals surface area contributed by atoms with Crippen molar-refractivity contribution in [2.24, 2.45) is 0 Å². The highest BCUT2D eigenvalue weighted by Gasteiger charge is 2.19. The molecule has 0 aliphatic heterocycles. The van der Waals surface area contributed by atoms with E-state index in [2.05, 4.69) is 9.97 Å². The number of nitrogens with zero attached hydrogens (tertiary/aromatic N) is 2. The van der Waals surface area contributed by atoms with E-state index in [9.17, 15) is 4.79 Å². The van der Waals surface area contributed by atoms with Gasteiger partial charge in [0.05, 0.1) is 12.1 Å². The van der Waals surface area contributed by atoms with Crippen LogP contribution in [0.5, 0.6) is 11.6 Å². The lowest BCUT2D eigenvalue weighted by Gasteiger charge is -2.11. The van der Waals surface area contributed by atoms with Gasteiger partial charge in [-0.3, -0.25) is 4.79 Å². The van der Waals surface area contributed by atoms with E-state index < -0.39 is 5.97 Å². The number of carbonyl (C=O) groups is 1. The zero-order valence-electron chi connectivity index (χ0n) is 10.9. The van der Waals surface area contributed by atoms with Crippen LogP contribution in [0.3, 0.4) is 0 Å². The molecule has 3 rings (SSSR count). The van der Waals surface area contributed by atoms with E-state index in [4.69, 9.17) is 9.84 Å². The summed E-state index contributed by atoms with van der Waals surface area (Å²) in [5.74, 6) is 0.210. The van der Waals surface area contributed by atoms with Crippen LogP contribution in [0.15, 0.2) is 30.6 Å². The lowest BCUT2D eigenvalue weighted by Crippen LogP contribution is -2.03. The molecule has 20 heavy (non-hydrogen) atoms. The average molecular weight is 270 g/mol. The summed E-state index contributed by atoms with van der Waals surface area (Å²) in [6.07, 6.45) is 4.35. The standard InChI is InChI=1S/C15H14N2O3/c18-14(19)8-10-4-1-2-7-13(10)20-15-11-5-3-6-12(11)16-9-17-15/h1-2,4,7,9H,3,5-6,8H2,(H,18,19). The molecule has 0 radical (unpaired) electrons. The largest absolute Gasteiger partial charge is 0.481 e. The van der Waals surface area contributed by atoms with E-state index >= 15 is 0 Å². The molecule has 2 aromatic rings. The fourth-order valence-corrected chi connectivity index (χ4v) is 2.43. The highest BCUT2D eigenvalue weighted by Crippen LogP contribution is 2.31. The number of hydrogen-bond donors (Lipinski definition) is 1. The monoisotopic (exact) mass is 270 g/mol. The first-order valence-corrected chi connectivity index (χ1v) is 6.54. The van der Waals surface area contributed by atoms with Crippen LogP contribution < -0.4 is 4.74 Å². The van der Waals surface area contributed by atoms with Gasteiger partial charge in [-0.25, -0.2) is 9.97 Å². The second kappa shape index (κ2) is 5.28. The normalized spacial score (nSPS) is 13.0. The second-order valence-corrected chi connectivity index (χ2v) is 4.74. The Hall–Kier alpha value is -2.43. The van der Waals surface area contributed by atoms with Gasteiger partial charge in [0.1, 0.15) is 12.1 Å². The van der Waals surface area contributed by atoms with E-state index in [0.29, 0.717) is 17.2 Å². The summed E-state index contributed by atoms with van der Waals surface area (Å²) in [7, 11) is 0. The van der Waals surface area contributed by atoms with Gasteiger partial charge >= 0.3 is 5.97 Å². The zero-order chi connectivity index (χ0) is 13.9. The smallest absolute Gasteiger partial charge is 0.307 e. The third-order valence-corrected chi connectivity index (χ3v) is 3.36. The highest BCUT2D eigenvalue weighted by molar-refractivity contribution is 5.71. The van der Waals surface area contributed by atoms with Gasteiger partial charge in [0.25, 0.3) is 0 Å². The van der Waals surface area contributed by atoms with Crippen LogP contribution in [0, 0.1) is 0 Å². The third-order valence-electron chi connectivity index (χ3n) is 3.36. The predicted molar refractivity (Wildman–Crippen MR) is 71.9 cm³/mol. The molecule has 0 saturated heterocycles. The number of benzene rings is 1. The summed E-state index contributed by atoms with van der Waals surface area (Å²) in [5, 5.41) is 8.93. The van der Waals surface area contributed by atoms with Crippen molar-refractivity contribution in [3.63, 3.8) is 0 Å².